The second kappa shape index (κ2) is 9.46. The number of halogens is 2. The lowest BCUT2D eigenvalue weighted by Gasteiger charge is -2.09. The van der Waals surface area contributed by atoms with Gasteiger partial charge in [-0.05, 0) is 48.4 Å². The van der Waals surface area contributed by atoms with Crippen molar-refractivity contribution in [3.05, 3.63) is 58.1 Å². The summed E-state index contributed by atoms with van der Waals surface area (Å²) < 4.78 is 10.6. The van der Waals surface area contributed by atoms with Gasteiger partial charge in [0.05, 0.1) is 22.2 Å². The van der Waals surface area contributed by atoms with Crippen molar-refractivity contribution in [3.63, 3.8) is 0 Å². The molecule has 1 amide bonds. The highest BCUT2D eigenvalue weighted by Crippen LogP contribution is 2.24. The molecule has 138 valence electrons. The summed E-state index contributed by atoms with van der Waals surface area (Å²) in [6, 6.07) is 11.2. The van der Waals surface area contributed by atoms with Crippen molar-refractivity contribution in [2.45, 2.75) is 13.8 Å². The maximum absolute atomic E-state index is 12.0. The zero-order valence-corrected chi connectivity index (χ0v) is 15.9. The molecule has 0 fully saturated rings. The van der Waals surface area contributed by atoms with Crippen LogP contribution in [0, 0.1) is 5.92 Å². The van der Waals surface area contributed by atoms with Gasteiger partial charge in [0.1, 0.15) is 5.75 Å². The monoisotopic (exact) mass is 395 g/mol. The Balaban J connectivity index is 1.83. The number of anilines is 1. The van der Waals surface area contributed by atoms with Gasteiger partial charge in [0.25, 0.3) is 5.91 Å². The molecule has 7 heteroatoms. The third kappa shape index (κ3) is 6.24. The van der Waals surface area contributed by atoms with Gasteiger partial charge >= 0.3 is 5.97 Å². The van der Waals surface area contributed by atoms with Crippen LogP contribution in [0.2, 0.25) is 10.0 Å². The number of nitrogens with one attached hydrogen (secondary N) is 1. The normalized spacial score (nSPS) is 10.5. The van der Waals surface area contributed by atoms with Gasteiger partial charge in [0.15, 0.2) is 6.61 Å². The Morgan fingerprint density at radius 2 is 1.73 bits per heavy atom. The van der Waals surface area contributed by atoms with Gasteiger partial charge in [-0.3, -0.25) is 4.79 Å². The summed E-state index contributed by atoms with van der Waals surface area (Å²) in [4.78, 5) is 23.9. The molecular weight excluding hydrogens is 377 g/mol. The van der Waals surface area contributed by atoms with Crippen LogP contribution in [0.25, 0.3) is 0 Å². The van der Waals surface area contributed by atoms with E-state index in [4.69, 9.17) is 32.7 Å². The van der Waals surface area contributed by atoms with Crippen molar-refractivity contribution in [3.8, 4) is 5.75 Å². The number of hydrogen-bond acceptors (Lipinski definition) is 4. The highest BCUT2D eigenvalue weighted by atomic mass is 35.5. The molecule has 0 aliphatic heterocycles. The molecule has 0 saturated heterocycles. The number of amides is 1. The van der Waals surface area contributed by atoms with Crippen molar-refractivity contribution >= 4 is 40.8 Å². The minimum Gasteiger partial charge on any atom is -0.493 e. The van der Waals surface area contributed by atoms with Crippen molar-refractivity contribution in [2.75, 3.05) is 18.5 Å². The number of ether oxygens (including phenoxy) is 2. The molecule has 0 bridgehead atoms. The molecule has 0 radical (unpaired) electrons. The van der Waals surface area contributed by atoms with E-state index in [1.165, 1.54) is 6.07 Å². The summed E-state index contributed by atoms with van der Waals surface area (Å²) in [6.45, 7) is 4.28. The molecule has 0 unspecified atom stereocenters. The average molecular weight is 396 g/mol. The number of benzene rings is 2. The third-order valence-electron chi connectivity index (χ3n) is 3.21. The predicted octanol–water partition coefficient (Wildman–Crippen LogP) is 4.82. The molecule has 0 heterocycles. The van der Waals surface area contributed by atoms with Crippen LogP contribution < -0.4 is 10.1 Å². The second-order valence-corrected chi connectivity index (χ2v) is 6.80. The summed E-state index contributed by atoms with van der Waals surface area (Å²) in [5, 5.41) is 3.28. The fourth-order valence-corrected chi connectivity index (χ4v) is 2.23. The van der Waals surface area contributed by atoms with Crippen LogP contribution in [-0.4, -0.2) is 25.1 Å². The topological polar surface area (TPSA) is 64.6 Å². The quantitative estimate of drug-likeness (QED) is 0.682. The second-order valence-electron chi connectivity index (χ2n) is 5.98. The fraction of sp³-hybridized carbons (Fsp3) is 0.263. The van der Waals surface area contributed by atoms with E-state index in [-0.39, 0.29) is 0 Å². The first-order valence-corrected chi connectivity index (χ1v) is 8.75. The zero-order valence-electron chi connectivity index (χ0n) is 14.4. The maximum Gasteiger partial charge on any atom is 0.338 e. The van der Waals surface area contributed by atoms with Crippen LogP contribution in [0.1, 0.15) is 24.2 Å². The van der Waals surface area contributed by atoms with E-state index in [0.29, 0.717) is 39.6 Å². The van der Waals surface area contributed by atoms with Gasteiger partial charge < -0.3 is 14.8 Å². The molecule has 2 aromatic rings. The van der Waals surface area contributed by atoms with Crippen LogP contribution in [0.4, 0.5) is 5.69 Å². The summed E-state index contributed by atoms with van der Waals surface area (Å²) in [7, 11) is 0. The van der Waals surface area contributed by atoms with E-state index in [0.717, 1.165) is 0 Å². The van der Waals surface area contributed by atoms with Crippen LogP contribution in [0.3, 0.4) is 0 Å². The van der Waals surface area contributed by atoms with Crippen LogP contribution in [0.5, 0.6) is 5.75 Å². The molecule has 0 spiro atoms. The molecule has 2 rings (SSSR count). The van der Waals surface area contributed by atoms with Crippen molar-refractivity contribution in [2.24, 2.45) is 5.92 Å². The lowest BCUT2D eigenvalue weighted by Crippen LogP contribution is -2.20. The standard InChI is InChI=1S/C19H19Cl2NO4/c1-12(2)10-25-15-6-3-13(4-7-15)19(24)26-11-18(23)22-14-5-8-16(20)17(21)9-14/h3-9,12H,10-11H2,1-2H3,(H,22,23). The number of rotatable bonds is 7. The highest BCUT2D eigenvalue weighted by Gasteiger charge is 2.11. The van der Waals surface area contributed by atoms with Crippen molar-refractivity contribution in [1.82, 2.24) is 0 Å². The van der Waals surface area contributed by atoms with Gasteiger partial charge in [0.2, 0.25) is 0 Å². The molecule has 0 aliphatic carbocycles. The summed E-state index contributed by atoms with van der Waals surface area (Å²) in [6.07, 6.45) is 0. The summed E-state index contributed by atoms with van der Waals surface area (Å²) in [5.41, 5.74) is 0.802. The molecule has 0 saturated carbocycles. The molecule has 0 atom stereocenters. The summed E-state index contributed by atoms with van der Waals surface area (Å²) >= 11 is 11.7. The van der Waals surface area contributed by atoms with Gasteiger partial charge in [-0.15, -0.1) is 0 Å². The molecule has 0 aliphatic rings. The Hall–Kier alpha value is -2.24. The Labute approximate surface area is 162 Å². The Kier molecular flexibility index (Phi) is 7.30. The van der Waals surface area contributed by atoms with Crippen LogP contribution >= 0.6 is 23.2 Å². The van der Waals surface area contributed by atoms with E-state index < -0.39 is 18.5 Å². The number of hydrogen-bond donors (Lipinski definition) is 1. The third-order valence-corrected chi connectivity index (χ3v) is 3.95. The molecule has 26 heavy (non-hydrogen) atoms. The van der Waals surface area contributed by atoms with Crippen LogP contribution in [0.15, 0.2) is 42.5 Å². The smallest absolute Gasteiger partial charge is 0.338 e. The minimum absolute atomic E-state index is 0.321. The van der Waals surface area contributed by atoms with E-state index in [1.807, 2.05) is 0 Å². The number of esters is 1. The maximum atomic E-state index is 12.0. The Bertz CT molecular complexity index is 776. The highest BCUT2D eigenvalue weighted by molar-refractivity contribution is 6.42. The molecule has 5 nitrogen and oxygen atoms in total. The first-order chi connectivity index (χ1) is 12.3. The van der Waals surface area contributed by atoms with Crippen molar-refractivity contribution in [1.29, 1.82) is 0 Å². The lowest BCUT2D eigenvalue weighted by atomic mass is 10.2. The molecule has 1 N–H and O–H groups in total. The molecular formula is C19H19Cl2NO4. The summed E-state index contributed by atoms with van der Waals surface area (Å²) in [5.74, 6) is 0.0135. The number of carbonyl (C=O) groups is 2. The predicted molar refractivity (Wildman–Crippen MR) is 102 cm³/mol. The Morgan fingerprint density at radius 1 is 1.04 bits per heavy atom. The van der Waals surface area contributed by atoms with Crippen molar-refractivity contribution < 1.29 is 19.1 Å². The van der Waals surface area contributed by atoms with Gasteiger partial charge in [-0.25, -0.2) is 4.79 Å². The molecule has 2 aromatic carbocycles. The first-order valence-electron chi connectivity index (χ1n) is 8.00. The van der Waals surface area contributed by atoms with Gasteiger partial charge in [-0.2, -0.15) is 0 Å². The number of carbonyl (C=O) groups excluding carboxylic acids is 2. The molecule has 0 aromatic heterocycles. The van der Waals surface area contributed by atoms with E-state index in [1.54, 1.807) is 36.4 Å². The Morgan fingerprint density at radius 3 is 2.35 bits per heavy atom. The average Bonchev–Trinajstić information content (AvgIpc) is 2.61. The first kappa shape index (κ1) is 20.1. The largest absolute Gasteiger partial charge is 0.493 e. The van der Waals surface area contributed by atoms with E-state index >= 15 is 0 Å². The SMILES string of the molecule is CC(C)COc1ccc(C(=O)OCC(=O)Nc2ccc(Cl)c(Cl)c2)cc1. The lowest BCUT2D eigenvalue weighted by molar-refractivity contribution is -0.119. The minimum atomic E-state index is -0.593. The van der Waals surface area contributed by atoms with E-state index in [9.17, 15) is 9.59 Å². The van der Waals surface area contributed by atoms with Gasteiger partial charge in [0, 0.05) is 5.69 Å². The van der Waals surface area contributed by atoms with E-state index in [2.05, 4.69) is 19.2 Å². The fourth-order valence-electron chi connectivity index (χ4n) is 1.94. The van der Waals surface area contributed by atoms with Crippen LogP contribution in [-0.2, 0) is 9.53 Å². The van der Waals surface area contributed by atoms with Gasteiger partial charge in [-0.1, -0.05) is 37.0 Å². The zero-order chi connectivity index (χ0) is 19.1.